The first-order valence-electron chi connectivity index (χ1n) is 3.07. The van der Waals surface area contributed by atoms with E-state index in [9.17, 15) is 0 Å². The van der Waals surface area contributed by atoms with Crippen LogP contribution < -0.4 is 4.74 Å². The summed E-state index contributed by atoms with van der Waals surface area (Å²) in [5, 5.41) is 8.83. The average molecular weight is 218 g/mol. The van der Waals surface area contributed by atoms with E-state index in [1.54, 1.807) is 12.3 Å². The Morgan fingerprint density at radius 2 is 2.45 bits per heavy atom. The number of hydrogen-bond donors (Lipinski definition) is 1. The SMILES string of the molecule is COc1nccc(CO)c1Br. The summed E-state index contributed by atoms with van der Waals surface area (Å²) in [5.74, 6) is 0.497. The monoisotopic (exact) mass is 217 g/mol. The predicted octanol–water partition coefficient (Wildman–Crippen LogP) is 1.34. The van der Waals surface area contributed by atoms with E-state index in [-0.39, 0.29) is 6.61 Å². The van der Waals surface area contributed by atoms with Gasteiger partial charge in [0.05, 0.1) is 18.2 Å². The van der Waals surface area contributed by atoms with Gasteiger partial charge in [-0.2, -0.15) is 0 Å². The maximum absolute atomic E-state index is 8.83. The van der Waals surface area contributed by atoms with Gasteiger partial charge in [0.15, 0.2) is 0 Å². The first-order valence-corrected chi connectivity index (χ1v) is 3.87. The second-order valence-corrected chi connectivity index (χ2v) is 2.74. The number of rotatable bonds is 2. The Labute approximate surface area is 73.2 Å². The lowest BCUT2D eigenvalue weighted by atomic mass is 10.3. The molecule has 11 heavy (non-hydrogen) atoms. The number of aliphatic hydroxyl groups is 1. The highest BCUT2D eigenvalue weighted by atomic mass is 79.9. The molecular weight excluding hydrogens is 210 g/mol. The van der Waals surface area contributed by atoms with Gasteiger partial charge in [-0.05, 0) is 27.6 Å². The van der Waals surface area contributed by atoms with Gasteiger partial charge in [-0.25, -0.2) is 4.98 Å². The Hall–Kier alpha value is -0.610. The molecule has 0 atom stereocenters. The van der Waals surface area contributed by atoms with Gasteiger partial charge >= 0.3 is 0 Å². The van der Waals surface area contributed by atoms with Crippen LogP contribution in [0, 0.1) is 0 Å². The van der Waals surface area contributed by atoms with Crippen molar-refractivity contribution < 1.29 is 9.84 Å². The zero-order valence-corrected chi connectivity index (χ0v) is 7.63. The summed E-state index contributed by atoms with van der Waals surface area (Å²) in [5.41, 5.74) is 0.775. The van der Waals surface area contributed by atoms with Crippen LogP contribution in [0.3, 0.4) is 0 Å². The molecule has 4 heteroatoms. The lowest BCUT2D eigenvalue weighted by Crippen LogP contribution is -1.92. The van der Waals surface area contributed by atoms with Gasteiger partial charge in [0.25, 0.3) is 0 Å². The van der Waals surface area contributed by atoms with Crippen molar-refractivity contribution in [1.29, 1.82) is 0 Å². The van der Waals surface area contributed by atoms with E-state index in [2.05, 4.69) is 20.9 Å². The molecule has 0 radical (unpaired) electrons. The molecule has 0 saturated heterocycles. The van der Waals surface area contributed by atoms with Gasteiger partial charge < -0.3 is 9.84 Å². The molecule has 0 aromatic carbocycles. The van der Waals surface area contributed by atoms with E-state index in [1.165, 1.54) is 7.11 Å². The van der Waals surface area contributed by atoms with Gasteiger partial charge in [-0.15, -0.1) is 0 Å². The molecule has 0 unspecified atom stereocenters. The van der Waals surface area contributed by atoms with Crippen molar-refractivity contribution in [3.63, 3.8) is 0 Å². The van der Waals surface area contributed by atoms with E-state index < -0.39 is 0 Å². The number of hydrogen-bond acceptors (Lipinski definition) is 3. The van der Waals surface area contributed by atoms with Crippen LogP contribution in [0.5, 0.6) is 5.88 Å². The van der Waals surface area contributed by atoms with E-state index in [4.69, 9.17) is 9.84 Å². The standard InChI is InChI=1S/C7H8BrNO2/c1-11-7-6(8)5(4-10)2-3-9-7/h2-3,10H,4H2,1H3. The fourth-order valence-electron chi connectivity index (χ4n) is 0.727. The molecular formula is C7H8BrNO2. The first-order chi connectivity index (χ1) is 5.29. The van der Waals surface area contributed by atoms with Crippen molar-refractivity contribution in [2.75, 3.05) is 7.11 Å². The summed E-state index contributed by atoms with van der Waals surface area (Å²) in [6.45, 7) is -0.0144. The van der Waals surface area contributed by atoms with Crippen LogP contribution in [0.4, 0.5) is 0 Å². The number of pyridine rings is 1. The number of ether oxygens (including phenoxy) is 1. The minimum absolute atomic E-state index is 0.0144. The van der Waals surface area contributed by atoms with Gasteiger partial charge in [-0.3, -0.25) is 0 Å². The van der Waals surface area contributed by atoms with Gasteiger partial charge in [-0.1, -0.05) is 0 Å². The van der Waals surface area contributed by atoms with E-state index in [0.717, 1.165) is 5.56 Å². The Morgan fingerprint density at radius 1 is 1.73 bits per heavy atom. The highest BCUT2D eigenvalue weighted by molar-refractivity contribution is 9.10. The lowest BCUT2D eigenvalue weighted by molar-refractivity contribution is 0.279. The summed E-state index contributed by atoms with van der Waals surface area (Å²) in [7, 11) is 1.54. The molecule has 1 rings (SSSR count). The topological polar surface area (TPSA) is 42.4 Å². The summed E-state index contributed by atoms with van der Waals surface area (Å²) < 4.78 is 5.63. The zero-order chi connectivity index (χ0) is 8.27. The first kappa shape index (κ1) is 8.49. The minimum Gasteiger partial charge on any atom is -0.480 e. The highest BCUT2D eigenvalue weighted by Crippen LogP contribution is 2.25. The van der Waals surface area contributed by atoms with Crippen molar-refractivity contribution >= 4 is 15.9 Å². The molecule has 0 amide bonds. The van der Waals surface area contributed by atoms with E-state index in [1.807, 2.05) is 0 Å². The van der Waals surface area contributed by atoms with Crippen molar-refractivity contribution in [2.45, 2.75) is 6.61 Å². The van der Waals surface area contributed by atoms with Crippen LogP contribution in [0.15, 0.2) is 16.7 Å². The molecule has 1 heterocycles. The third kappa shape index (κ3) is 1.70. The quantitative estimate of drug-likeness (QED) is 0.814. The fourth-order valence-corrected chi connectivity index (χ4v) is 1.25. The number of halogens is 1. The number of aromatic nitrogens is 1. The second-order valence-electron chi connectivity index (χ2n) is 1.95. The minimum atomic E-state index is -0.0144. The molecule has 0 aliphatic rings. The molecule has 1 aromatic heterocycles. The molecule has 0 fully saturated rings. The van der Waals surface area contributed by atoms with Crippen LogP contribution in [-0.4, -0.2) is 17.2 Å². The normalized spacial score (nSPS) is 9.73. The van der Waals surface area contributed by atoms with Gasteiger partial charge in [0.1, 0.15) is 0 Å². The largest absolute Gasteiger partial charge is 0.480 e. The summed E-state index contributed by atoms with van der Waals surface area (Å²) in [6, 6.07) is 1.73. The van der Waals surface area contributed by atoms with Crippen molar-refractivity contribution in [3.05, 3.63) is 22.3 Å². The molecule has 1 N–H and O–H groups in total. The number of methoxy groups -OCH3 is 1. The Morgan fingerprint density at radius 3 is 3.00 bits per heavy atom. The predicted molar refractivity (Wildman–Crippen MR) is 44.4 cm³/mol. The molecule has 0 spiro atoms. The molecule has 0 aliphatic heterocycles. The van der Waals surface area contributed by atoms with Crippen LogP contribution in [-0.2, 0) is 6.61 Å². The van der Waals surface area contributed by atoms with Crippen LogP contribution in [0.25, 0.3) is 0 Å². The summed E-state index contributed by atoms with van der Waals surface area (Å²) in [6.07, 6.45) is 1.59. The Balaban J connectivity index is 3.10. The van der Waals surface area contributed by atoms with Gasteiger partial charge in [0.2, 0.25) is 5.88 Å². The van der Waals surface area contributed by atoms with Crippen LogP contribution >= 0.6 is 15.9 Å². The Bertz CT molecular complexity index is 230. The van der Waals surface area contributed by atoms with Crippen molar-refractivity contribution in [1.82, 2.24) is 4.98 Å². The number of aliphatic hydroxyl groups excluding tert-OH is 1. The lowest BCUT2D eigenvalue weighted by Gasteiger charge is -2.04. The summed E-state index contributed by atoms with van der Waals surface area (Å²) in [4.78, 5) is 3.93. The number of nitrogens with zero attached hydrogens (tertiary/aromatic N) is 1. The highest BCUT2D eigenvalue weighted by Gasteiger charge is 2.04. The fraction of sp³-hybridized carbons (Fsp3) is 0.286. The van der Waals surface area contributed by atoms with Crippen molar-refractivity contribution in [3.8, 4) is 5.88 Å². The zero-order valence-electron chi connectivity index (χ0n) is 6.04. The maximum Gasteiger partial charge on any atom is 0.228 e. The Kier molecular flexibility index (Phi) is 2.84. The molecule has 0 aliphatic carbocycles. The third-order valence-corrected chi connectivity index (χ3v) is 2.15. The van der Waals surface area contributed by atoms with Crippen LogP contribution in [0.1, 0.15) is 5.56 Å². The molecule has 60 valence electrons. The third-order valence-electron chi connectivity index (χ3n) is 1.30. The maximum atomic E-state index is 8.83. The smallest absolute Gasteiger partial charge is 0.228 e. The molecule has 0 saturated carbocycles. The van der Waals surface area contributed by atoms with E-state index in [0.29, 0.717) is 10.4 Å². The molecule has 0 bridgehead atoms. The summed E-state index contributed by atoms with van der Waals surface area (Å²) >= 11 is 3.25. The van der Waals surface area contributed by atoms with E-state index >= 15 is 0 Å². The van der Waals surface area contributed by atoms with Crippen LogP contribution in [0.2, 0.25) is 0 Å². The average Bonchev–Trinajstić information content (AvgIpc) is 2.05. The molecule has 1 aromatic rings. The van der Waals surface area contributed by atoms with Crippen molar-refractivity contribution in [2.24, 2.45) is 0 Å². The van der Waals surface area contributed by atoms with Gasteiger partial charge in [0, 0.05) is 6.20 Å². The second kappa shape index (κ2) is 3.69. The molecule has 3 nitrogen and oxygen atoms in total.